The first-order valence-electron chi connectivity index (χ1n) is 17.3. The number of hydrogen-bond donors (Lipinski definition) is 2. The van der Waals surface area contributed by atoms with E-state index in [1.807, 2.05) is 75.4 Å². The zero-order valence-corrected chi connectivity index (χ0v) is 29.6. The van der Waals surface area contributed by atoms with Crippen LogP contribution in [0.2, 0.25) is 0 Å². The van der Waals surface area contributed by atoms with E-state index in [0.29, 0.717) is 31.1 Å². The number of ether oxygens (including phenoxy) is 3. The lowest BCUT2D eigenvalue weighted by Crippen LogP contribution is -2.63. The molecule has 3 aliphatic heterocycles. The van der Waals surface area contributed by atoms with E-state index in [1.165, 1.54) is 28.4 Å². The molecule has 3 saturated heterocycles. The monoisotopic (exact) mass is 718 g/mol. The summed E-state index contributed by atoms with van der Waals surface area (Å²) in [5.74, 6) is -2.70. The summed E-state index contributed by atoms with van der Waals surface area (Å²) in [4.78, 5) is 22.9. The molecule has 0 saturated carbocycles. The number of halogens is 2. The van der Waals surface area contributed by atoms with Crippen molar-refractivity contribution in [1.29, 1.82) is 0 Å². The highest BCUT2D eigenvalue weighted by molar-refractivity contribution is 5.94. The molecule has 5 unspecified atom stereocenters. The highest BCUT2D eigenvalue weighted by Gasteiger charge is 2.58. The maximum atomic E-state index is 15.7. The zero-order chi connectivity index (χ0) is 36.6. The Morgan fingerprint density at radius 3 is 2.58 bits per heavy atom. The molecule has 13 nitrogen and oxygen atoms in total. The second-order valence-corrected chi connectivity index (χ2v) is 14.2. The average Bonchev–Trinajstić information content (AvgIpc) is 3.87. The number of benzene rings is 3. The smallest absolute Gasteiger partial charge is 0.341 e. The van der Waals surface area contributed by atoms with E-state index in [-0.39, 0.29) is 37.3 Å². The molecular formula is C37H44F2N8O5. The van der Waals surface area contributed by atoms with Crippen LogP contribution in [0.25, 0.3) is 0 Å². The van der Waals surface area contributed by atoms with Crippen molar-refractivity contribution in [2.24, 2.45) is 5.41 Å². The van der Waals surface area contributed by atoms with E-state index in [2.05, 4.69) is 20.3 Å². The standard InChI is InChI=1S/C37H44F2N8O5/c1-36(2,3)32(48)20-45-35(49)46(26-10-6-5-7-11-26)34(44-17-16-40-19-30(44)27-12-8-9-13-31(27)50-4)47(45)33-21-51-37(52-33,22-43-24-41-23-42-43)28-15-14-25(38)18-29(28)39/h5-15,18,23-24,30,32-34,40,48H,16-17,19-22H2,1-4H3. The minimum Gasteiger partial charge on any atom is -0.496 e. The van der Waals surface area contributed by atoms with Gasteiger partial charge in [0.05, 0.1) is 32.4 Å². The Kier molecular flexibility index (Phi) is 9.99. The van der Waals surface area contributed by atoms with Gasteiger partial charge in [0.15, 0.2) is 12.5 Å². The Morgan fingerprint density at radius 1 is 1.10 bits per heavy atom. The maximum Gasteiger partial charge on any atom is 0.341 e. The fourth-order valence-corrected chi connectivity index (χ4v) is 7.10. The minimum absolute atomic E-state index is 0.0377. The number of piperazine rings is 1. The van der Waals surface area contributed by atoms with Crippen LogP contribution < -0.4 is 15.0 Å². The number of amides is 2. The summed E-state index contributed by atoms with van der Waals surface area (Å²) in [7, 11) is 1.63. The number of para-hydroxylation sites is 2. The van der Waals surface area contributed by atoms with E-state index in [9.17, 15) is 14.3 Å². The highest BCUT2D eigenvalue weighted by Crippen LogP contribution is 2.44. The first-order valence-corrected chi connectivity index (χ1v) is 17.3. The third-order valence-electron chi connectivity index (χ3n) is 9.89. The first-order chi connectivity index (χ1) is 25.0. The number of carbonyl (C=O) groups excluding carboxylic acids is 1. The SMILES string of the molecule is COc1ccccc1C1CNCCN1C1N(c2ccccc2)C(=O)N(CC(O)C(C)(C)C)N1C1COC(Cn2cncn2)(c2ccc(F)cc2F)O1. The predicted octanol–water partition coefficient (Wildman–Crippen LogP) is 4.29. The maximum absolute atomic E-state index is 15.7. The molecule has 2 amide bonds. The summed E-state index contributed by atoms with van der Waals surface area (Å²) >= 11 is 0. The van der Waals surface area contributed by atoms with Crippen molar-refractivity contribution in [3.8, 4) is 5.75 Å². The van der Waals surface area contributed by atoms with Crippen molar-refractivity contribution in [3.05, 3.63) is 108 Å². The lowest BCUT2D eigenvalue weighted by Gasteiger charge is -2.47. The Hall–Kier alpha value is -4.51. The largest absolute Gasteiger partial charge is 0.496 e. The van der Waals surface area contributed by atoms with Crippen LogP contribution in [-0.4, -0.2) is 99.3 Å². The number of aliphatic hydroxyl groups excluding tert-OH is 1. The summed E-state index contributed by atoms with van der Waals surface area (Å²) in [5.41, 5.74) is 0.926. The molecule has 0 radical (unpaired) electrons. The number of rotatable bonds is 10. The van der Waals surface area contributed by atoms with Crippen LogP contribution in [0, 0.1) is 17.0 Å². The van der Waals surface area contributed by atoms with Gasteiger partial charge in [0.2, 0.25) is 5.79 Å². The Balaban J connectivity index is 1.38. The first kappa shape index (κ1) is 35.9. The topological polar surface area (TPSA) is 121 Å². The lowest BCUT2D eigenvalue weighted by atomic mass is 9.89. The van der Waals surface area contributed by atoms with Crippen LogP contribution in [0.3, 0.4) is 0 Å². The van der Waals surface area contributed by atoms with Crippen LogP contribution in [0.5, 0.6) is 5.75 Å². The summed E-state index contributed by atoms with van der Waals surface area (Å²) in [5, 5.41) is 22.6. The Bertz CT molecular complexity index is 1850. The summed E-state index contributed by atoms with van der Waals surface area (Å²) in [6.45, 7) is 7.07. The van der Waals surface area contributed by atoms with E-state index in [4.69, 9.17) is 14.2 Å². The van der Waals surface area contributed by atoms with Gasteiger partial charge < -0.3 is 24.6 Å². The van der Waals surface area contributed by atoms with Gasteiger partial charge in [-0.25, -0.2) is 28.3 Å². The molecule has 7 rings (SSSR count). The number of hydrogen-bond acceptors (Lipinski definition) is 10. The van der Waals surface area contributed by atoms with E-state index in [0.717, 1.165) is 17.7 Å². The van der Waals surface area contributed by atoms with Crippen molar-refractivity contribution < 1.29 is 32.9 Å². The van der Waals surface area contributed by atoms with Crippen LogP contribution in [-0.2, 0) is 21.8 Å². The van der Waals surface area contributed by atoms with E-state index in [1.54, 1.807) is 17.0 Å². The van der Waals surface area contributed by atoms with Crippen molar-refractivity contribution in [3.63, 3.8) is 0 Å². The minimum atomic E-state index is -1.79. The number of methoxy groups -OCH3 is 1. The fourth-order valence-electron chi connectivity index (χ4n) is 7.10. The molecule has 2 N–H and O–H groups in total. The van der Waals surface area contributed by atoms with Gasteiger partial charge in [-0.15, -0.1) is 5.01 Å². The van der Waals surface area contributed by atoms with Crippen molar-refractivity contribution in [1.82, 2.24) is 35.0 Å². The van der Waals surface area contributed by atoms with E-state index >= 15 is 4.39 Å². The molecule has 3 fully saturated rings. The highest BCUT2D eigenvalue weighted by atomic mass is 19.1. The second-order valence-electron chi connectivity index (χ2n) is 14.2. The number of aromatic nitrogens is 3. The van der Waals surface area contributed by atoms with Gasteiger partial charge >= 0.3 is 6.03 Å². The molecule has 3 aromatic carbocycles. The molecule has 15 heteroatoms. The number of nitrogens with zero attached hydrogens (tertiary/aromatic N) is 7. The molecule has 0 bridgehead atoms. The van der Waals surface area contributed by atoms with Crippen LogP contribution >= 0.6 is 0 Å². The lowest BCUT2D eigenvalue weighted by molar-refractivity contribution is -0.237. The number of anilines is 1. The summed E-state index contributed by atoms with van der Waals surface area (Å²) in [6.07, 6.45) is 0.0307. The molecule has 1 aromatic heterocycles. The number of hydrazine groups is 1. The van der Waals surface area contributed by atoms with Gasteiger partial charge in [-0.1, -0.05) is 57.2 Å². The third kappa shape index (κ3) is 6.75. The number of nitrogens with one attached hydrogen (secondary N) is 1. The number of carbonyl (C=O) groups is 1. The van der Waals surface area contributed by atoms with Crippen molar-refractivity contribution in [2.75, 3.05) is 44.8 Å². The van der Waals surface area contributed by atoms with Gasteiger partial charge in [0, 0.05) is 42.5 Å². The van der Waals surface area contributed by atoms with Crippen molar-refractivity contribution >= 4 is 11.7 Å². The zero-order valence-electron chi connectivity index (χ0n) is 29.6. The van der Waals surface area contributed by atoms with Crippen LogP contribution in [0.4, 0.5) is 19.3 Å². The molecular weight excluding hydrogens is 674 g/mol. The average molecular weight is 719 g/mol. The molecule has 5 atom stereocenters. The van der Waals surface area contributed by atoms with Gasteiger partial charge in [0.25, 0.3) is 0 Å². The Morgan fingerprint density at radius 2 is 1.87 bits per heavy atom. The summed E-state index contributed by atoms with van der Waals surface area (Å²) in [6, 6.07) is 19.7. The number of aliphatic hydroxyl groups is 1. The molecule has 4 heterocycles. The molecule has 276 valence electrons. The van der Waals surface area contributed by atoms with Crippen LogP contribution in [0.15, 0.2) is 85.5 Å². The van der Waals surface area contributed by atoms with Crippen LogP contribution in [0.1, 0.15) is 37.9 Å². The molecule has 0 aliphatic carbocycles. The summed E-state index contributed by atoms with van der Waals surface area (Å²) < 4.78 is 50.4. The van der Waals surface area contributed by atoms with Gasteiger partial charge in [0.1, 0.15) is 36.6 Å². The molecule has 52 heavy (non-hydrogen) atoms. The molecule has 4 aromatic rings. The Labute approximate surface area is 301 Å². The fraction of sp³-hybridized carbons (Fsp3) is 0.432. The van der Waals surface area contributed by atoms with Crippen molar-refractivity contribution in [2.45, 2.75) is 57.8 Å². The number of urea groups is 1. The normalized spacial score (nSPS) is 25.2. The number of β-amino-alcohol motifs (C(OH)–C–C–N with tert-alkyl or cyclic N) is 1. The predicted molar refractivity (Wildman–Crippen MR) is 186 cm³/mol. The third-order valence-corrected chi connectivity index (χ3v) is 9.89. The quantitative estimate of drug-likeness (QED) is 0.246. The van der Waals surface area contributed by atoms with Gasteiger partial charge in [-0.05, 0) is 35.7 Å². The molecule has 3 aliphatic rings. The second kappa shape index (κ2) is 14.5. The van der Waals surface area contributed by atoms with Gasteiger partial charge in [-0.2, -0.15) is 5.10 Å². The van der Waals surface area contributed by atoms with E-state index < -0.39 is 41.5 Å². The van der Waals surface area contributed by atoms with Gasteiger partial charge in [-0.3, -0.25) is 9.80 Å². The molecule has 0 spiro atoms.